The molecule has 0 fully saturated rings. The van der Waals surface area contributed by atoms with Gasteiger partial charge < -0.3 is 10.4 Å². The van der Waals surface area contributed by atoms with E-state index in [1.54, 1.807) is 0 Å². The largest absolute Gasteiger partial charge is 0.393 e. The van der Waals surface area contributed by atoms with Crippen molar-refractivity contribution < 1.29 is 5.11 Å². The number of aliphatic hydroxyl groups is 1. The molecule has 0 aliphatic heterocycles. The molecule has 0 heterocycles. The Labute approximate surface area is 121 Å². The van der Waals surface area contributed by atoms with Crippen LogP contribution in [0.15, 0.2) is 0 Å². The topological polar surface area (TPSA) is 32.3 Å². The number of aliphatic hydroxyl groups excluding tert-OH is 1. The summed E-state index contributed by atoms with van der Waals surface area (Å²) in [6.07, 6.45) is 14.7. The summed E-state index contributed by atoms with van der Waals surface area (Å²) in [5.41, 5.74) is 0. The molecule has 0 saturated carbocycles. The van der Waals surface area contributed by atoms with Gasteiger partial charge >= 0.3 is 0 Å². The van der Waals surface area contributed by atoms with Crippen LogP contribution < -0.4 is 5.32 Å². The summed E-state index contributed by atoms with van der Waals surface area (Å²) in [5.74, 6) is 0. The Morgan fingerprint density at radius 2 is 1.32 bits per heavy atom. The molecule has 0 rings (SSSR count). The van der Waals surface area contributed by atoms with Crippen LogP contribution in [0.25, 0.3) is 0 Å². The normalized spacial score (nSPS) is 14.5. The Hall–Kier alpha value is -0.0800. The van der Waals surface area contributed by atoms with Crippen LogP contribution in [0.3, 0.4) is 0 Å². The van der Waals surface area contributed by atoms with E-state index in [0.717, 1.165) is 12.8 Å². The first-order valence-corrected chi connectivity index (χ1v) is 8.59. The molecule has 0 aliphatic rings. The van der Waals surface area contributed by atoms with Gasteiger partial charge in [0.05, 0.1) is 6.10 Å². The maximum atomic E-state index is 10.1. The second kappa shape index (κ2) is 14.3. The molecular weight excluding hydrogens is 234 g/mol. The van der Waals surface area contributed by atoms with Crippen molar-refractivity contribution in [3.05, 3.63) is 0 Å². The molecule has 0 saturated heterocycles. The van der Waals surface area contributed by atoms with Crippen LogP contribution in [-0.2, 0) is 0 Å². The Morgan fingerprint density at radius 3 is 1.89 bits per heavy atom. The molecule has 0 aromatic heterocycles. The molecule has 2 N–H and O–H groups in total. The summed E-state index contributed by atoms with van der Waals surface area (Å²) in [7, 11) is 2.03. The fraction of sp³-hybridized carbons (Fsp3) is 1.00. The highest BCUT2D eigenvalue weighted by atomic mass is 16.3. The summed E-state index contributed by atoms with van der Waals surface area (Å²) in [4.78, 5) is 0. The minimum atomic E-state index is -0.107. The van der Waals surface area contributed by atoms with Gasteiger partial charge in [-0.1, -0.05) is 71.6 Å². The molecule has 2 heteroatoms. The van der Waals surface area contributed by atoms with E-state index < -0.39 is 0 Å². The van der Waals surface area contributed by atoms with E-state index in [1.165, 1.54) is 64.2 Å². The molecule has 0 aromatic carbocycles. The van der Waals surface area contributed by atoms with Crippen molar-refractivity contribution in [1.29, 1.82) is 0 Å². The highest BCUT2D eigenvalue weighted by Crippen LogP contribution is 2.14. The van der Waals surface area contributed by atoms with Gasteiger partial charge in [-0.05, 0) is 26.3 Å². The van der Waals surface area contributed by atoms with Crippen LogP contribution in [0.4, 0.5) is 0 Å². The highest BCUT2D eigenvalue weighted by molar-refractivity contribution is 4.70. The number of nitrogens with one attached hydrogen (secondary N) is 1. The van der Waals surface area contributed by atoms with Crippen LogP contribution in [0.5, 0.6) is 0 Å². The molecule has 0 radical (unpaired) electrons. The fourth-order valence-corrected chi connectivity index (χ4v) is 2.63. The van der Waals surface area contributed by atoms with E-state index in [0.29, 0.717) is 6.04 Å². The third-order valence-electron chi connectivity index (χ3n) is 4.01. The van der Waals surface area contributed by atoms with Crippen LogP contribution in [-0.4, -0.2) is 24.3 Å². The number of hydrogen-bond acceptors (Lipinski definition) is 2. The lowest BCUT2D eigenvalue weighted by Gasteiger charge is -2.20. The number of unbranched alkanes of at least 4 members (excludes halogenated alkanes) is 7. The lowest BCUT2D eigenvalue weighted by atomic mass is 9.98. The van der Waals surface area contributed by atoms with E-state index in [2.05, 4.69) is 19.2 Å². The quantitative estimate of drug-likeness (QED) is 0.450. The van der Waals surface area contributed by atoms with Crippen molar-refractivity contribution in [2.75, 3.05) is 7.05 Å². The Kier molecular flexibility index (Phi) is 14.3. The second-order valence-corrected chi connectivity index (χ2v) is 5.93. The molecule has 0 amide bonds. The molecule has 116 valence electrons. The zero-order chi connectivity index (χ0) is 14.3. The maximum absolute atomic E-state index is 10.1. The Morgan fingerprint density at radius 1 is 0.789 bits per heavy atom. The monoisotopic (exact) mass is 271 g/mol. The van der Waals surface area contributed by atoms with Gasteiger partial charge in [0.2, 0.25) is 0 Å². The molecule has 0 aliphatic carbocycles. The van der Waals surface area contributed by atoms with E-state index in [4.69, 9.17) is 0 Å². The Balaban J connectivity index is 3.55. The zero-order valence-electron chi connectivity index (χ0n) is 13.6. The highest BCUT2D eigenvalue weighted by Gasteiger charge is 2.12. The van der Waals surface area contributed by atoms with E-state index in [9.17, 15) is 5.11 Å². The Bertz CT molecular complexity index is 173. The van der Waals surface area contributed by atoms with Crippen molar-refractivity contribution in [3.63, 3.8) is 0 Å². The predicted molar refractivity (Wildman–Crippen MR) is 85.6 cm³/mol. The van der Waals surface area contributed by atoms with Gasteiger partial charge in [0.15, 0.2) is 0 Å². The van der Waals surface area contributed by atoms with Gasteiger partial charge in [0.1, 0.15) is 0 Å². The first-order valence-electron chi connectivity index (χ1n) is 8.59. The smallest absolute Gasteiger partial charge is 0.0555 e. The van der Waals surface area contributed by atoms with Crippen molar-refractivity contribution in [1.82, 2.24) is 5.32 Å². The summed E-state index contributed by atoms with van der Waals surface area (Å²) in [5, 5.41) is 13.4. The lowest BCUT2D eigenvalue weighted by molar-refractivity contribution is 0.135. The van der Waals surface area contributed by atoms with E-state index in [1.807, 2.05) is 7.05 Å². The number of hydrogen-bond donors (Lipinski definition) is 2. The van der Waals surface area contributed by atoms with Crippen molar-refractivity contribution in [2.24, 2.45) is 0 Å². The van der Waals surface area contributed by atoms with E-state index in [-0.39, 0.29) is 6.10 Å². The SMILES string of the molecule is CCCCCCCC(CC(O)CCCCCC)NC. The third-order valence-corrected chi connectivity index (χ3v) is 4.01. The average Bonchev–Trinajstić information content (AvgIpc) is 2.42. The van der Waals surface area contributed by atoms with Crippen LogP contribution in [0.1, 0.15) is 90.9 Å². The molecule has 2 unspecified atom stereocenters. The van der Waals surface area contributed by atoms with Crippen molar-refractivity contribution in [2.45, 2.75) is 103 Å². The summed E-state index contributed by atoms with van der Waals surface area (Å²) in [6.45, 7) is 4.48. The van der Waals surface area contributed by atoms with Gasteiger partial charge in [-0.3, -0.25) is 0 Å². The van der Waals surface area contributed by atoms with Gasteiger partial charge in [-0.15, -0.1) is 0 Å². The first kappa shape index (κ1) is 18.9. The molecule has 19 heavy (non-hydrogen) atoms. The minimum absolute atomic E-state index is 0.107. The third kappa shape index (κ3) is 12.7. The molecule has 0 bridgehead atoms. The van der Waals surface area contributed by atoms with Gasteiger partial charge in [0.25, 0.3) is 0 Å². The predicted octanol–water partition coefficient (Wildman–Crippen LogP) is 4.66. The minimum Gasteiger partial charge on any atom is -0.393 e. The molecule has 0 aromatic rings. The summed E-state index contributed by atoms with van der Waals surface area (Å²) >= 11 is 0. The van der Waals surface area contributed by atoms with Crippen LogP contribution >= 0.6 is 0 Å². The van der Waals surface area contributed by atoms with Gasteiger partial charge in [0, 0.05) is 6.04 Å². The molecule has 2 atom stereocenters. The standard InChI is InChI=1S/C17H37NO/c1-4-6-8-10-11-13-16(18-3)15-17(19)14-12-9-7-5-2/h16-19H,4-15H2,1-3H3. The van der Waals surface area contributed by atoms with Crippen LogP contribution in [0, 0.1) is 0 Å². The van der Waals surface area contributed by atoms with Crippen molar-refractivity contribution >= 4 is 0 Å². The zero-order valence-corrected chi connectivity index (χ0v) is 13.6. The van der Waals surface area contributed by atoms with Crippen molar-refractivity contribution in [3.8, 4) is 0 Å². The van der Waals surface area contributed by atoms with E-state index >= 15 is 0 Å². The molecule has 2 nitrogen and oxygen atoms in total. The summed E-state index contributed by atoms with van der Waals surface area (Å²) in [6, 6.07) is 0.503. The lowest BCUT2D eigenvalue weighted by Crippen LogP contribution is -2.29. The van der Waals surface area contributed by atoms with Gasteiger partial charge in [-0.2, -0.15) is 0 Å². The van der Waals surface area contributed by atoms with Crippen LogP contribution in [0.2, 0.25) is 0 Å². The molecular formula is C17H37NO. The fourth-order valence-electron chi connectivity index (χ4n) is 2.63. The number of rotatable bonds is 14. The van der Waals surface area contributed by atoms with Gasteiger partial charge in [-0.25, -0.2) is 0 Å². The second-order valence-electron chi connectivity index (χ2n) is 5.93. The molecule has 0 spiro atoms. The first-order chi connectivity index (χ1) is 9.24. The summed E-state index contributed by atoms with van der Waals surface area (Å²) < 4.78 is 0. The maximum Gasteiger partial charge on any atom is 0.0555 e. The average molecular weight is 271 g/mol.